The highest BCUT2D eigenvalue weighted by atomic mass is 16.1. The maximum atomic E-state index is 12.5. The van der Waals surface area contributed by atoms with Crippen LogP contribution in [-0.4, -0.2) is 19.0 Å². The molecule has 1 heterocycles. The van der Waals surface area contributed by atoms with Crippen LogP contribution in [0.2, 0.25) is 0 Å². The number of hydrogen-bond donors (Lipinski definition) is 2. The Kier molecular flexibility index (Phi) is 4.47. The van der Waals surface area contributed by atoms with Crippen molar-refractivity contribution in [1.29, 1.82) is 0 Å². The predicted octanol–water partition coefficient (Wildman–Crippen LogP) is 3.60. The number of anilines is 1. The summed E-state index contributed by atoms with van der Waals surface area (Å²) in [6, 6.07) is 6.02. The summed E-state index contributed by atoms with van der Waals surface area (Å²) in [7, 11) is 0. The van der Waals surface area contributed by atoms with Crippen LogP contribution in [0.15, 0.2) is 18.2 Å². The molecule has 3 nitrogen and oxygen atoms in total. The molecule has 114 valence electrons. The third-order valence-electron chi connectivity index (χ3n) is 4.94. The lowest BCUT2D eigenvalue weighted by molar-refractivity contribution is 0.0939. The fourth-order valence-corrected chi connectivity index (χ4v) is 3.80. The van der Waals surface area contributed by atoms with Gasteiger partial charge in [-0.3, -0.25) is 4.79 Å². The van der Waals surface area contributed by atoms with E-state index in [0.717, 1.165) is 43.1 Å². The van der Waals surface area contributed by atoms with Crippen LogP contribution < -0.4 is 10.6 Å². The Bertz CT molecular complexity index is 512. The number of benzene rings is 1. The van der Waals surface area contributed by atoms with Crippen LogP contribution >= 0.6 is 0 Å². The third kappa shape index (κ3) is 3.39. The Hall–Kier alpha value is -1.51. The van der Waals surface area contributed by atoms with Crippen molar-refractivity contribution in [2.75, 3.05) is 18.4 Å². The van der Waals surface area contributed by atoms with E-state index in [2.05, 4.69) is 23.6 Å². The molecule has 0 bridgehead atoms. The second-order valence-corrected chi connectivity index (χ2v) is 6.71. The highest BCUT2D eigenvalue weighted by Crippen LogP contribution is 2.28. The molecule has 2 aliphatic rings. The summed E-state index contributed by atoms with van der Waals surface area (Å²) < 4.78 is 0. The molecule has 1 aromatic carbocycles. The van der Waals surface area contributed by atoms with Crippen LogP contribution in [0.25, 0.3) is 0 Å². The van der Waals surface area contributed by atoms with Gasteiger partial charge < -0.3 is 10.6 Å². The SMILES string of the molecule is CC1CCCC(CNC(=O)c2cccc3c2CCCN3)C1. The molecule has 1 aliphatic heterocycles. The van der Waals surface area contributed by atoms with Gasteiger partial charge in [0.1, 0.15) is 0 Å². The molecule has 0 aromatic heterocycles. The van der Waals surface area contributed by atoms with Gasteiger partial charge in [-0.05, 0) is 55.2 Å². The summed E-state index contributed by atoms with van der Waals surface area (Å²) in [6.07, 6.45) is 7.30. The molecule has 21 heavy (non-hydrogen) atoms. The molecule has 2 N–H and O–H groups in total. The fourth-order valence-electron chi connectivity index (χ4n) is 3.80. The van der Waals surface area contributed by atoms with Crippen molar-refractivity contribution in [3.8, 4) is 0 Å². The minimum atomic E-state index is 0.105. The van der Waals surface area contributed by atoms with Crippen molar-refractivity contribution in [3.63, 3.8) is 0 Å². The number of nitrogens with one attached hydrogen (secondary N) is 2. The van der Waals surface area contributed by atoms with Crippen molar-refractivity contribution in [2.45, 2.75) is 45.4 Å². The zero-order valence-electron chi connectivity index (χ0n) is 13.0. The lowest BCUT2D eigenvalue weighted by Crippen LogP contribution is -2.32. The third-order valence-corrected chi connectivity index (χ3v) is 4.94. The first-order valence-corrected chi connectivity index (χ1v) is 8.38. The number of hydrogen-bond acceptors (Lipinski definition) is 2. The zero-order valence-corrected chi connectivity index (χ0v) is 13.0. The molecule has 2 unspecified atom stereocenters. The second kappa shape index (κ2) is 6.50. The lowest BCUT2D eigenvalue weighted by Gasteiger charge is -2.27. The summed E-state index contributed by atoms with van der Waals surface area (Å²) in [6.45, 7) is 4.17. The van der Waals surface area contributed by atoms with E-state index in [1.165, 1.54) is 31.2 Å². The highest BCUT2D eigenvalue weighted by molar-refractivity contribution is 5.97. The van der Waals surface area contributed by atoms with Gasteiger partial charge in [0.2, 0.25) is 0 Å². The summed E-state index contributed by atoms with van der Waals surface area (Å²) >= 11 is 0. The van der Waals surface area contributed by atoms with Gasteiger partial charge in [0, 0.05) is 24.3 Å². The molecule has 3 heteroatoms. The molecule has 1 aliphatic carbocycles. The minimum absolute atomic E-state index is 0.105. The quantitative estimate of drug-likeness (QED) is 0.891. The number of amides is 1. The fraction of sp³-hybridized carbons (Fsp3) is 0.611. The average molecular weight is 286 g/mol. The van der Waals surface area contributed by atoms with Crippen LogP contribution in [0.3, 0.4) is 0 Å². The molecule has 2 atom stereocenters. The van der Waals surface area contributed by atoms with Gasteiger partial charge in [-0.25, -0.2) is 0 Å². The van der Waals surface area contributed by atoms with Crippen LogP contribution in [0, 0.1) is 11.8 Å². The van der Waals surface area contributed by atoms with E-state index in [-0.39, 0.29) is 5.91 Å². The summed E-state index contributed by atoms with van der Waals surface area (Å²) in [5.74, 6) is 1.58. The number of carbonyl (C=O) groups excluding carboxylic acids is 1. The highest BCUT2D eigenvalue weighted by Gasteiger charge is 2.21. The van der Waals surface area contributed by atoms with Crippen molar-refractivity contribution >= 4 is 11.6 Å². The number of fused-ring (bicyclic) bond motifs is 1. The van der Waals surface area contributed by atoms with E-state index in [1.807, 2.05) is 12.1 Å². The number of rotatable bonds is 3. The Labute approximate surface area is 127 Å². The molecular weight excluding hydrogens is 260 g/mol. The van der Waals surface area contributed by atoms with Crippen molar-refractivity contribution in [1.82, 2.24) is 5.32 Å². The van der Waals surface area contributed by atoms with E-state index in [4.69, 9.17) is 0 Å². The van der Waals surface area contributed by atoms with Crippen molar-refractivity contribution in [2.24, 2.45) is 11.8 Å². The molecule has 1 fully saturated rings. The van der Waals surface area contributed by atoms with Crippen LogP contribution in [0.1, 0.15) is 54.9 Å². The van der Waals surface area contributed by atoms with E-state index in [1.54, 1.807) is 0 Å². The molecular formula is C18H26N2O. The van der Waals surface area contributed by atoms with Gasteiger partial charge in [-0.1, -0.05) is 25.8 Å². The molecule has 1 amide bonds. The maximum absolute atomic E-state index is 12.5. The average Bonchev–Trinajstić information content (AvgIpc) is 2.52. The standard InChI is InChI=1S/C18H26N2O/c1-13-5-2-6-14(11-13)12-20-18(21)16-7-3-9-17-15(16)8-4-10-19-17/h3,7,9,13-14,19H,2,4-6,8,10-12H2,1H3,(H,20,21). The summed E-state index contributed by atoms with van der Waals surface area (Å²) in [4.78, 5) is 12.5. The van der Waals surface area contributed by atoms with E-state index < -0.39 is 0 Å². The Morgan fingerprint density at radius 2 is 2.24 bits per heavy atom. The first-order valence-electron chi connectivity index (χ1n) is 8.38. The zero-order chi connectivity index (χ0) is 14.7. The van der Waals surface area contributed by atoms with Crippen molar-refractivity contribution < 1.29 is 4.79 Å². The van der Waals surface area contributed by atoms with Gasteiger partial charge in [0.25, 0.3) is 5.91 Å². The van der Waals surface area contributed by atoms with Crippen LogP contribution in [-0.2, 0) is 6.42 Å². The smallest absolute Gasteiger partial charge is 0.251 e. The number of carbonyl (C=O) groups is 1. The van der Waals surface area contributed by atoms with E-state index in [9.17, 15) is 4.79 Å². The minimum Gasteiger partial charge on any atom is -0.385 e. The van der Waals surface area contributed by atoms with Crippen LogP contribution in [0.4, 0.5) is 5.69 Å². The van der Waals surface area contributed by atoms with Gasteiger partial charge in [-0.15, -0.1) is 0 Å². The second-order valence-electron chi connectivity index (χ2n) is 6.71. The Morgan fingerprint density at radius 3 is 3.10 bits per heavy atom. The molecule has 3 rings (SSSR count). The maximum Gasteiger partial charge on any atom is 0.251 e. The Morgan fingerprint density at radius 1 is 1.33 bits per heavy atom. The molecule has 1 aromatic rings. The molecule has 0 radical (unpaired) electrons. The lowest BCUT2D eigenvalue weighted by atomic mass is 9.82. The monoisotopic (exact) mass is 286 g/mol. The topological polar surface area (TPSA) is 41.1 Å². The van der Waals surface area contributed by atoms with E-state index >= 15 is 0 Å². The summed E-state index contributed by atoms with van der Waals surface area (Å²) in [5.41, 5.74) is 3.20. The van der Waals surface area contributed by atoms with Gasteiger partial charge in [0.15, 0.2) is 0 Å². The van der Waals surface area contributed by atoms with Gasteiger partial charge in [0.05, 0.1) is 0 Å². The largest absolute Gasteiger partial charge is 0.385 e. The molecule has 1 saturated carbocycles. The van der Waals surface area contributed by atoms with Gasteiger partial charge >= 0.3 is 0 Å². The normalized spacial score (nSPS) is 24.8. The first kappa shape index (κ1) is 14.4. The first-order chi connectivity index (χ1) is 10.2. The Balaban J connectivity index is 1.63. The molecule has 0 saturated heterocycles. The van der Waals surface area contributed by atoms with E-state index in [0.29, 0.717) is 5.92 Å². The predicted molar refractivity (Wildman–Crippen MR) is 86.7 cm³/mol. The summed E-state index contributed by atoms with van der Waals surface area (Å²) in [5, 5.41) is 6.56. The van der Waals surface area contributed by atoms with Gasteiger partial charge in [-0.2, -0.15) is 0 Å². The molecule has 0 spiro atoms. The van der Waals surface area contributed by atoms with Crippen LogP contribution in [0.5, 0.6) is 0 Å². The van der Waals surface area contributed by atoms with Crippen molar-refractivity contribution in [3.05, 3.63) is 29.3 Å².